The molecule has 0 heterocycles. The van der Waals surface area contributed by atoms with Gasteiger partial charge in [-0.1, -0.05) is 24.3 Å². The fourth-order valence-corrected chi connectivity index (χ4v) is 1.85. The highest BCUT2D eigenvalue weighted by Gasteiger charge is 2.11. The van der Waals surface area contributed by atoms with Gasteiger partial charge in [-0.25, -0.2) is 8.78 Å². The van der Waals surface area contributed by atoms with Crippen LogP contribution in [0, 0.1) is 18.6 Å². The van der Waals surface area contributed by atoms with E-state index in [2.05, 4.69) is 5.32 Å². The normalized spacial score (nSPS) is 12.0. The number of hydrogen-bond donors (Lipinski definition) is 2. The summed E-state index contributed by atoms with van der Waals surface area (Å²) in [5.74, 6) is -0.710. The first-order chi connectivity index (χ1) is 10.1. The quantitative estimate of drug-likeness (QED) is 0.860. The van der Waals surface area contributed by atoms with Crippen molar-refractivity contribution in [3.05, 3.63) is 59.7 Å². The van der Waals surface area contributed by atoms with Gasteiger partial charge >= 0.3 is 0 Å². The van der Waals surface area contributed by atoms with Gasteiger partial charge in [0.1, 0.15) is 35.8 Å². The zero-order chi connectivity index (χ0) is 15.2. The first-order valence-corrected chi connectivity index (χ1v) is 6.62. The molecule has 0 saturated heterocycles. The Balaban J connectivity index is 1.85. The Morgan fingerprint density at radius 3 is 2.43 bits per heavy atom. The molecule has 1 unspecified atom stereocenters. The van der Waals surface area contributed by atoms with Crippen LogP contribution in [0.15, 0.2) is 42.5 Å². The lowest BCUT2D eigenvalue weighted by Gasteiger charge is -2.15. The van der Waals surface area contributed by atoms with Gasteiger partial charge in [0.15, 0.2) is 0 Å². The fraction of sp³-hybridized carbons (Fsp3) is 0.250. The van der Waals surface area contributed by atoms with Gasteiger partial charge in [0.25, 0.3) is 0 Å². The van der Waals surface area contributed by atoms with Crippen molar-refractivity contribution in [2.24, 2.45) is 0 Å². The third kappa shape index (κ3) is 4.16. The summed E-state index contributed by atoms with van der Waals surface area (Å²) in [6.07, 6.45) is -0.886. The number of hydrogen-bond acceptors (Lipinski definition) is 3. The first kappa shape index (κ1) is 15.3. The second kappa shape index (κ2) is 7.04. The Bertz CT molecular complexity index is 584. The summed E-state index contributed by atoms with van der Waals surface area (Å²) in [7, 11) is 0. The molecule has 3 nitrogen and oxygen atoms in total. The standard InChI is InChI=1S/C16H17F2NO2/c1-11-5-2-3-8-15(11)21-10-12(20)9-19-16-13(17)6-4-7-14(16)18/h2-8,12,19-20H,9-10H2,1H3. The molecule has 0 aliphatic carbocycles. The number of rotatable bonds is 6. The summed E-state index contributed by atoms with van der Waals surface area (Å²) in [6, 6.07) is 11.0. The lowest BCUT2D eigenvalue weighted by molar-refractivity contribution is 0.117. The molecule has 0 aromatic heterocycles. The van der Waals surface area contributed by atoms with Crippen LogP contribution in [0.5, 0.6) is 5.75 Å². The van der Waals surface area contributed by atoms with Crippen molar-refractivity contribution < 1.29 is 18.6 Å². The van der Waals surface area contributed by atoms with E-state index in [1.165, 1.54) is 6.07 Å². The number of aliphatic hydroxyl groups is 1. The molecule has 2 N–H and O–H groups in total. The number of nitrogens with one attached hydrogen (secondary N) is 1. The molecule has 0 aliphatic heterocycles. The van der Waals surface area contributed by atoms with Crippen LogP contribution in [0.1, 0.15) is 5.56 Å². The molecule has 0 amide bonds. The van der Waals surface area contributed by atoms with Crippen molar-refractivity contribution in [1.82, 2.24) is 0 Å². The van der Waals surface area contributed by atoms with Gasteiger partial charge in [0.2, 0.25) is 0 Å². The van der Waals surface area contributed by atoms with Gasteiger partial charge in [-0.3, -0.25) is 0 Å². The molecule has 0 bridgehead atoms. The molecule has 1 atom stereocenters. The van der Waals surface area contributed by atoms with Crippen LogP contribution in [0.4, 0.5) is 14.5 Å². The summed E-state index contributed by atoms with van der Waals surface area (Å²) >= 11 is 0. The van der Waals surface area contributed by atoms with E-state index in [9.17, 15) is 13.9 Å². The van der Waals surface area contributed by atoms with E-state index < -0.39 is 17.7 Å². The van der Waals surface area contributed by atoms with Crippen LogP contribution >= 0.6 is 0 Å². The van der Waals surface area contributed by atoms with Crippen molar-refractivity contribution in [2.75, 3.05) is 18.5 Å². The Kier molecular flexibility index (Phi) is 5.11. The summed E-state index contributed by atoms with van der Waals surface area (Å²) in [5, 5.41) is 12.4. The second-order valence-electron chi connectivity index (χ2n) is 4.71. The van der Waals surface area contributed by atoms with Gasteiger partial charge < -0.3 is 15.2 Å². The fourth-order valence-electron chi connectivity index (χ4n) is 1.85. The largest absolute Gasteiger partial charge is 0.491 e. The Labute approximate surface area is 122 Å². The maximum Gasteiger partial charge on any atom is 0.149 e. The average molecular weight is 293 g/mol. The van der Waals surface area contributed by atoms with Crippen molar-refractivity contribution in [2.45, 2.75) is 13.0 Å². The number of benzene rings is 2. The molecule has 21 heavy (non-hydrogen) atoms. The van der Waals surface area contributed by atoms with Crippen LogP contribution in [0.25, 0.3) is 0 Å². The second-order valence-corrected chi connectivity index (χ2v) is 4.71. The molecular formula is C16H17F2NO2. The number of anilines is 1. The number of ether oxygens (including phenoxy) is 1. The van der Waals surface area contributed by atoms with E-state index in [1.807, 2.05) is 25.1 Å². The molecular weight excluding hydrogens is 276 g/mol. The van der Waals surface area contributed by atoms with Crippen LogP contribution in [0.3, 0.4) is 0 Å². The van der Waals surface area contributed by atoms with Gasteiger partial charge in [-0.05, 0) is 30.7 Å². The third-order valence-corrected chi connectivity index (χ3v) is 3.00. The molecule has 2 rings (SSSR count). The Hall–Kier alpha value is -2.14. The zero-order valence-electron chi connectivity index (χ0n) is 11.6. The summed E-state index contributed by atoms with van der Waals surface area (Å²) in [4.78, 5) is 0. The maximum absolute atomic E-state index is 13.4. The molecule has 0 radical (unpaired) electrons. The molecule has 0 fully saturated rings. The Morgan fingerprint density at radius 2 is 1.76 bits per heavy atom. The number of halogens is 2. The molecule has 0 aliphatic rings. The highest BCUT2D eigenvalue weighted by atomic mass is 19.1. The monoisotopic (exact) mass is 293 g/mol. The molecule has 2 aromatic rings. The topological polar surface area (TPSA) is 41.5 Å². The molecule has 5 heteroatoms. The summed E-state index contributed by atoms with van der Waals surface area (Å²) < 4.78 is 32.2. The van der Waals surface area contributed by atoms with Crippen molar-refractivity contribution >= 4 is 5.69 Å². The van der Waals surface area contributed by atoms with E-state index in [0.717, 1.165) is 17.7 Å². The third-order valence-electron chi connectivity index (χ3n) is 3.00. The smallest absolute Gasteiger partial charge is 0.149 e. The average Bonchev–Trinajstić information content (AvgIpc) is 2.46. The predicted octanol–water partition coefficient (Wildman–Crippen LogP) is 3.13. The highest BCUT2D eigenvalue weighted by Crippen LogP contribution is 2.18. The van der Waals surface area contributed by atoms with Gasteiger partial charge in [0, 0.05) is 6.54 Å². The number of aryl methyl sites for hydroxylation is 1. The molecule has 2 aromatic carbocycles. The van der Waals surface area contributed by atoms with Gasteiger partial charge in [-0.2, -0.15) is 0 Å². The van der Waals surface area contributed by atoms with E-state index in [1.54, 1.807) is 6.07 Å². The van der Waals surface area contributed by atoms with Gasteiger partial charge in [0.05, 0.1) is 0 Å². The molecule has 0 saturated carbocycles. The van der Waals surface area contributed by atoms with Crippen LogP contribution in [-0.4, -0.2) is 24.4 Å². The molecule has 112 valence electrons. The van der Waals surface area contributed by atoms with Crippen LogP contribution < -0.4 is 10.1 Å². The van der Waals surface area contributed by atoms with Gasteiger partial charge in [-0.15, -0.1) is 0 Å². The predicted molar refractivity (Wildman–Crippen MR) is 77.5 cm³/mol. The van der Waals surface area contributed by atoms with Crippen LogP contribution in [-0.2, 0) is 0 Å². The minimum absolute atomic E-state index is 0.0102. The lowest BCUT2D eigenvalue weighted by atomic mass is 10.2. The highest BCUT2D eigenvalue weighted by molar-refractivity contribution is 5.46. The summed E-state index contributed by atoms with van der Waals surface area (Å²) in [6.45, 7) is 1.92. The Morgan fingerprint density at radius 1 is 1.10 bits per heavy atom. The lowest BCUT2D eigenvalue weighted by Crippen LogP contribution is -2.27. The van der Waals surface area contributed by atoms with Crippen molar-refractivity contribution in [1.29, 1.82) is 0 Å². The minimum Gasteiger partial charge on any atom is -0.491 e. The van der Waals surface area contributed by atoms with E-state index in [0.29, 0.717) is 5.75 Å². The number of para-hydroxylation sites is 2. The van der Waals surface area contributed by atoms with E-state index in [4.69, 9.17) is 4.74 Å². The minimum atomic E-state index is -0.886. The van der Waals surface area contributed by atoms with Crippen LogP contribution in [0.2, 0.25) is 0 Å². The number of aliphatic hydroxyl groups excluding tert-OH is 1. The van der Waals surface area contributed by atoms with Crippen molar-refractivity contribution in [3.63, 3.8) is 0 Å². The molecule has 0 spiro atoms. The van der Waals surface area contributed by atoms with E-state index in [-0.39, 0.29) is 18.8 Å². The zero-order valence-corrected chi connectivity index (χ0v) is 11.6. The summed E-state index contributed by atoms with van der Waals surface area (Å²) in [5.41, 5.74) is 0.713. The van der Waals surface area contributed by atoms with Crippen molar-refractivity contribution in [3.8, 4) is 5.75 Å². The van der Waals surface area contributed by atoms with E-state index >= 15 is 0 Å². The maximum atomic E-state index is 13.4. The first-order valence-electron chi connectivity index (χ1n) is 6.62. The SMILES string of the molecule is Cc1ccccc1OCC(O)CNc1c(F)cccc1F.